The van der Waals surface area contributed by atoms with Crippen LogP contribution in [0.4, 0.5) is 0 Å². The largest absolute Gasteiger partial charge is 0.457 e. The number of para-hydroxylation sites is 1. The fraction of sp³-hybridized carbons (Fsp3) is 0.143. The summed E-state index contributed by atoms with van der Waals surface area (Å²) in [5.74, 6) is 2.05. The van der Waals surface area contributed by atoms with Crippen molar-refractivity contribution in [2.45, 2.75) is 19.5 Å². The summed E-state index contributed by atoms with van der Waals surface area (Å²) in [5, 5.41) is 12.8. The molecule has 0 aliphatic rings. The lowest BCUT2D eigenvalue weighted by molar-refractivity contribution is -0.121. The van der Waals surface area contributed by atoms with E-state index in [2.05, 4.69) is 20.5 Å². The number of thiazole rings is 1. The van der Waals surface area contributed by atoms with Gasteiger partial charge in [-0.2, -0.15) is 5.10 Å². The van der Waals surface area contributed by atoms with Gasteiger partial charge in [0.2, 0.25) is 5.91 Å². The molecule has 0 bridgehead atoms. The average Bonchev–Trinajstić information content (AvgIpc) is 3.57. The fourth-order valence-electron chi connectivity index (χ4n) is 3.17. The molecule has 0 unspecified atom stereocenters. The van der Waals surface area contributed by atoms with Crippen LogP contribution in [0, 0.1) is 4.77 Å². The van der Waals surface area contributed by atoms with Crippen LogP contribution >= 0.6 is 34.9 Å². The van der Waals surface area contributed by atoms with Crippen molar-refractivity contribution in [3.63, 3.8) is 0 Å². The highest BCUT2D eigenvalue weighted by atomic mass is 32.1. The van der Waals surface area contributed by atoms with Gasteiger partial charge in [-0.1, -0.05) is 18.2 Å². The van der Waals surface area contributed by atoms with Crippen molar-refractivity contribution in [3.05, 3.63) is 64.4 Å². The molecular weight excluding hydrogens is 450 g/mol. The van der Waals surface area contributed by atoms with Crippen LogP contribution in [-0.2, 0) is 17.9 Å². The molecule has 0 aliphatic carbocycles. The Morgan fingerprint density at radius 1 is 1.19 bits per heavy atom. The molecule has 0 spiro atoms. The molecule has 156 valence electrons. The van der Waals surface area contributed by atoms with E-state index < -0.39 is 0 Å². The lowest BCUT2D eigenvalue weighted by Crippen LogP contribution is -2.23. The molecule has 31 heavy (non-hydrogen) atoms. The van der Waals surface area contributed by atoms with Crippen molar-refractivity contribution < 1.29 is 9.21 Å². The third kappa shape index (κ3) is 4.22. The lowest BCUT2D eigenvalue weighted by Gasteiger charge is -2.06. The van der Waals surface area contributed by atoms with Crippen molar-refractivity contribution in [2.24, 2.45) is 0 Å². The predicted molar refractivity (Wildman–Crippen MR) is 125 cm³/mol. The van der Waals surface area contributed by atoms with E-state index in [9.17, 15) is 4.79 Å². The maximum Gasteiger partial charge on any atom is 0.222 e. The quantitative estimate of drug-likeness (QED) is 0.319. The van der Waals surface area contributed by atoms with Gasteiger partial charge in [-0.15, -0.1) is 22.7 Å². The third-order valence-corrected chi connectivity index (χ3v) is 6.92. The summed E-state index contributed by atoms with van der Waals surface area (Å²) in [7, 11) is 0. The summed E-state index contributed by atoms with van der Waals surface area (Å²) in [6, 6.07) is 15.7. The van der Waals surface area contributed by atoms with Gasteiger partial charge in [0.1, 0.15) is 5.76 Å². The molecule has 0 atom stereocenters. The molecule has 1 aromatic carbocycles. The molecule has 4 heterocycles. The number of furan rings is 1. The van der Waals surface area contributed by atoms with Gasteiger partial charge in [-0.25, -0.2) is 4.98 Å². The number of amides is 1. The number of carbonyl (C=O) groups excluding carboxylic acids is 1. The van der Waals surface area contributed by atoms with E-state index in [0.717, 1.165) is 25.9 Å². The molecule has 7 nitrogen and oxygen atoms in total. The smallest absolute Gasteiger partial charge is 0.222 e. The van der Waals surface area contributed by atoms with Crippen LogP contribution in [0.2, 0.25) is 0 Å². The number of benzene rings is 1. The summed E-state index contributed by atoms with van der Waals surface area (Å²) in [6.07, 6.45) is 0.289. The second kappa shape index (κ2) is 8.58. The zero-order valence-electron chi connectivity index (χ0n) is 16.2. The van der Waals surface area contributed by atoms with E-state index in [1.807, 2.05) is 58.5 Å². The molecule has 4 aromatic heterocycles. The maximum absolute atomic E-state index is 12.4. The number of carbonyl (C=O) groups is 1. The summed E-state index contributed by atoms with van der Waals surface area (Å²) < 4.78 is 9.35. The Labute approximate surface area is 190 Å². The predicted octanol–water partition coefficient (Wildman–Crippen LogP) is 5.25. The number of hydrogen-bond acceptors (Lipinski definition) is 7. The summed E-state index contributed by atoms with van der Waals surface area (Å²) in [4.78, 5) is 18.0. The molecule has 0 saturated carbocycles. The van der Waals surface area contributed by atoms with Crippen LogP contribution in [-0.4, -0.2) is 25.7 Å². The Morgan fingerprint density at radius 2 is 2.10 bits per heavy atom. The lowest BCUT2D eigenvalue weighted by atomic mass is 10.3. The van der Waals surface area contributed by atoms with Crippen LogP contribution in [0.25, 0.3) is 31.7 Å². The molecule has 0 radical (unpaired) electrons. The average molecular weight is 468 g/mol. The fourth-order valence-corrected chi connectivity index (χ4v) is 5.04. The Morgan fingerprint density at radius 3 is 2.94 bits per heavy atom. The molecule has 0 saturated heterocycles. The molecule has 0 aliphatic heterocycles. The van der Waals surface area contributed by atoms with Gasteiger partial charge in [0.25, 0.3) is 0 Å². The van der Waals surface area contributed by atoms with Gasteiger partial charge in [0.15, 0.2) is 21.4 Å². The molecule has 5 aromatic rings. The van der Waals surface area contributed by atoms with E-state index in [0.29, 0.717) is 29.4 Å². The summed E-state index contributed by atoms with van der Waals surface area (Å²) in [5.41, 5.74) is 0.952. The van der Waals surface area contributed by atoms with E-state index in [-0.39, 0.29) is 12.3 Å². The van der Waals surface area contributed by atoms with Crippen molar-refractivity contribution in [3.8, 4) is 21.5 Å². The Bertz CT molecular complexity index is 1360. The van der Waals surface area contributed by atoms with E-state index in [1.165, 1.54) is 0 Å². The van der Waals surface area contributed by atoms with Crippen molar-refractivity contribution in [1.29, 1.82) is 0 Å². The molecular formula is C21H17N5O2S3. The third-order valence-electron chi connectivity index (χ3n) is 4.69. The first-order chi connectivity index (χ1) is 15.2. The molecule has 1 amide bonds. The zero-order valence-corrected chi connectivity index (χ0v) is 18.6. The van der Waals surface area contributed by atoms with Gasteiger partial charge < -0.3 is 9.73 Å². The molecule has 5 rings (SSSR count). The van der Waals surface area contributed by atoms with Crippen molar-refractivity contribution in [2.75, 3.05) is 0 Å². The Hall–Kier alpha value is -3.08. The number of fused-ring (bicyclic) bond motifs is 1. The normalized spacial score (nSPS) is 11.2. The minimum atomic E-state index is -0.0850. The van der Waals surface area contributed by atoms with Crippen LogP contribution in [0.15, 0.2) is 58.3 Å². The summed E-state index contributed by atoms with van der Waals surface area (Å²) >= 11 is 8.47. The first-order valence-electron chi connectivity index (χ1n) is 9.58. The summed E-state index contributed by atoms with van der Waals surface area (Å²) in [6.45, 7) is 0.766. The number of rotatable bonds is 7. The topological polar surface area (TPSA) is 88.7 Å². The number of H-pyrrole nitrogens is 1. The van der Waals surface area contributed by atoms with Crippen LogP contribution < -0.4 is 5.32 Å². The first-order valence-corrected chi connectivity index (χ1v) is 11.7. The van der Waals surface area contributed by atoms with Crippen molar-refractivity contribution >= 4 is 51.0 Å². The van der Waals surface area contributed by atoms with E-state index >= 15 is 0 Å². The van der Waals surface area contributed by atoms with Gasteiger partial charge in [0.05, 0.1) is 21.6 Å². The van der Waals surface area contributed by atoms with Gasteiger partial charge in [-0.05, 0) is 47.9 Å². The minimum Gasteiger partial charge on any atom is -0.457 e. The minimum absolute atomic E-state index is 0.0850. The van der Waals surface area contributed by atoms with Crippen LogP contribution in [0.1, 0.15) is 12.2 Å². The van der Waals surface area contributed by atoms with E-state index in [4.69, 9.17) is 16.6 Å². The van der Waals surface area contributed by atoms with E-state index in [1.54, 1.807) is 22.7 Å². The number of thiophene rings is 1. The second-order valence-electron chi connectivity index (χ2n) is 6.76. The monoisotopic (exact) mass is 467 g/mol. The van der Waals surface area contributed by atoms with Crippen LogP contribution in [0.3, 0.4) is 0 Å². The molecule has 2 N–H and O–H groups in total. The SMILES string of the molecule is O=C(CCn1c(-c2cccs2)n[nH]c1=S)NCc1ccc(-c2nc3ccccc3s2)o1. The number of aromatic nitrogens is 4. The van der Waals surface area contributed by atoms with Gasteiger partial charge >= 0.3 is 0 Å². The van der Waals surface area contributed by atoms with Crippen LogP contribution in [0.5, 0.6) is 0 Å². The highest BCUT2D eigenvalue weighted by Crippen LogP contribution is 2.31. The highest BCUT2D eigenvalue weighted by Gasteiger charge is 2.13. The second-order valence-corrected chi connectivity index (χ2v) is 9.13. The number of aromatic amines is 1. The standard InChI is InChI=1S/C21H17N5O2S3/c27-18(9-10-26-19(24-25-21(26)29)17-6-3-11-30-17)22-12-13-7-8-15(28-13)20-23-14-4-1-2-5-16(14)31-20/h1-8,11H,9-10,12H2,(H,22,27)(H,25,29). The Kier molecular flexibility index (Phi) is 5.49. The Balaban J connectivity index is 1.19. The van der Waals surface area contributed by atoms with Crippen molar-refractivity contribution in [1.82, 2.24) is 25.1 Å². The zero-order chi connectivity index (χ0) is 21.2. The highest BCUT2D eigenvalue weighted by molar-refractivity contribution is 7.71. The number of nitrogens with one attached hydrogen (secondary N) is 2. The van der Waals surface area contributed by atoms with Gasteiger partial charge in [0, 0.05) is 13.0 Å². The van der Waals surface area contributed by atoms with Gasteiger partial charge in [-0.3, -0.25) is 14.5 Å². The molecule has 10 heteroatoms. The molecule has 0 fully saturated rings. The number of hydrogen-bond donors (Lipinski definition) is 2. The maximum atomic E-state index is 12.4. The first kappa shape index (κ1) is 19.9. The number of nitrogens with zero attached hydrogens (tertiary/aromatic N) is 3.